The van der Waals surface area contributed by atoms with Crippen LogP contribution in [0.15, 0.2) is 23.6 Å². The molecule has 0 spiro atoms. The minimum atomic E-state index is -4.48. The normalized spacial score (nSPS) is 18.8. The van der Waals surface area contributed by atoms with E-state index in [0.29, 0.717) is 56.4 Å². The number of halogens is 4. The molecular weight excluding hydrogens is 371 g/mol. The van der Waals surface area contributed by atoms with Crippen LogP contribution in [0.25, 0.3) is 0 Å². The van der Waals surface area contributed by atoms with E-state index in [2.05, 4.69) is 4.98 Å². The number of hydrogen-bond acceptors (Lipinski definition) is 4. The Morgan fingerprint density at radius 2 is 1.96 bits per heavy atom. The van der Waals surface area contributed by atoms with Crippen molar-refractivity contribution in [3.63, 3.8) is 0 Å². The second-order valence-electron chi connectivity index (χ2n) is 6.29. The van der Waals surface area contributed by atoms with Crippen molar-refractivity contribution in [1.29, 1.82) is 0 Å². The van der Waals surface area contributed by atoms with Gasteiger partial charge in [-0.2, -0.15) is 13.2 Å². The number of piperazine rings is 1. The van der Waals surface area contributed by atoms with Gasteiger partial charge in [-0.1, -0.05) is 11.6 Å². The Labute approximate surface area is 154 Å². The van der Waals surface area contributed by atoms with Gasteiger partial charge in [-0.05, 0) is 25.8 Å². The lowest BCUT2D eigenvalue weighted by Gasteiger charge is -2.36. The van der Waals surface area contributed by atoms with Crippen LogP contribution in [0.5, 0.6) is 0 Å². The van der Waals surface area contributed by atoms with E-state index in [1.165, 1.54) is 0 Å². The van der Waals surface area contributed by atoms with E-state index in [1.54, 1.807) is 16.7 Å². The summed E-state index contributed by atoms with van der Waals surface area (Å²) in [5.41, 5.74) is -0.171. The van der Waals surface area contributed by atoms with Gasteiger partial charge in [0.15, 0.2) is 0 Å². The zero-order chi connectivity index (χ0) is 18.9. The molecule has 1 amide bonds. The zero-order valence-corrected chi connectivity index (χ0v) is 15.0. The van der Waals surface area contributed by atoms with Gasteiger partial charge >= 0.3 is 6.18 Å². The fourth-order valence-corrected chi connectivity index (χ4v) is 3.41. The van der Waals surface area contributed by atoms with E-state index in [1.807, 2.05) is 0 Å². The Kier molecular flexibility index (Phi) is 5.32. The molecule has 0 unspecified atom stereocenters. The molecular formula is C17H19ClF3N3O2. The number of pyridine rings is 1. The van der Waals surface area contributed by atoms with Gasteiger partial charge < -0.3 is 14.5 Å². The molecule has 3 rings (SSSR count). The molecule has 0 atom stereocenters. The largest absolute Gasteiger partial charge is 0.498 e. The Morgan fingerprint density at radius 1 is 1.27 bits per heavy atom. The number of carbonyl (C=O) groups excluding carboxylic acids is 1. The molecule has 9 heteroatoms. The number of hydrogen-bond donors (Lipinski definition) is 0. The molecule has 1 fully saturated rings. The summed E-state index contributed by atoms with van der Waals surface area (Å²) < 4.78 is 43.6. The van der Waals surface area contributed by atoms with Crippen LogP contribution in [0.1, 0.15) is 25.3 Å². The summed E-state index contributed by atoms with van der Waals surface area (Å²) in [6.07, 6.45) is -2.17. The van der Waals surface area contributed by atoms with Gasteiger partial charge in [-0.3, -0.25) is 4.79 Å². The van der Waals surface area contributed by atoms with Crippen molar-refractivity contribution in [3.8, 4) is 0 Å². The van der Waals surface area contributed by atoms with Crippen LogP contribution in [0.2, 0.25) is 5.02 Å². The molecule has 2 aliphatic rings. The maximum atomic E-state index is 12.7. The highest BCUT2D eigenvalue weighted by molar-refractivity contribution is 6.33. The van der Waals surface area contributed by atoms with Gasteiger partial charge in [-0.15, -0.1) is 0 Å². The van der Waals surface area contributed by atoms with Crippen LogP contribution < -0.4 is 4.90 Å². The van der Waals surface area contributed by atoms with Gasteiger partial charge in [0.05, 0.1) is 22.8 Å². The first-order valence-electron chi connectivity index (χ1n) is 8.37. The first-order valence-corrected chi connectivity index (χ1v) is 8.74. The fraction of sp³-hybridized carbons (Fsp3) is 0.529. The summed E-state index contributed by atoms with van der Waals surface area (Å²) >= 11 is 6.00. The average molecular weight is 390 g/mol. The Hall–Kier alpha value is -1.96. The Morgan fingerprint density at radius 3 is 2.54 bits per heavy atom. The Balaban J connectivity index is 1.66. The minimum Gasteiger partial charge on any atom is -0.498 e. The lowest BCUT2D eigenvalue weighted by atomic mass is 10.1. The Bertz CT molecular complexity index is 728. The van der Waals surface area contributed by atoms with Crippen molar-refractivity contribution in [2.45, 2.75) is 25.9 Å². The predicted octanol–water partition coefficient (Wildman–Crippen LogP) is 3.49. The number of alkyl halides is 3. The summed E-state index contributed by atoms with van der Waals surface area (Å²) in [6.45, 7) is 4.25. The van der Waals surface area contributed by atoms with Gasteiger partial charge in [0.1, 0.15) is 11.6 Å². The monoisotopic (exact) mass is 389 g/mol. The van der Waals surface area contributed by atoms with Crippen molar-refractivity contribution >= 4 is 23.3 Å². The molecule has 26 heavy (non-hydrogen) atoms. The quantitative estimate of drug-likeness (QED) is 0.776. The molecule has 0 radical (unpaired) electrons. The molecule has 3 heterocycles. The lowest BCUT2D eigenvalue weighted by Crippen LogP contribution is -2.49. The summed E-state index contributed by atoms with van der Waals surface area (Å²) in [6, 6.07) is 0.884. The number of aromatic nitrogens is 1. The van der Waals surface area contributed by atoms with E-state index >= 15 is 0 Å². The average Bonchev–Trinajstić information content (AvgIpc) is 2.61. The van der Waals surface area contributed by atoms with Crippen molar-refractivity contribution in [1.82, 2.24) is 9.88 Å². The number of ether oxygens (including phenoxy) is 1. The molecule has 0 aromatic carbocycles. The third kappa shape index (κ3) is 3.90. The van der Waals surface area contributed by atoms with Crippen LogP contribution in [-0.4, -0.2) is 48.6 Å². The van der Waals surface area contributed by atoms with Gasteiger partial charge in [0.2, 0.25) is 0 Å². The van der Waals surface area contributed by atoms with Crippen LogP contribution in [0, 0.1) is 0 Å². The highest BCUT2D eigenvalue weighted by Gasteiger charge is 2.33. The molecule has 142 valence electrons. The molecule has 2 aliphatic heterocycles. The van der Waals surface area contributed by atoms with E-state index in [-0.39, 0.29) is 10.9 Å². The number of nitrogens with zero attached hydrogens (tertiary/aromatic N) is 3. The summed E-state index contributed by atoms with van der Waals surface area (Å²) in [4.78, 5) is 20.0. The minimum absolute atomic E-state index is 0.0340. The highest BCUT2D eigenvalue weighted by atomic mass is 35.5. The highest BCUT2D eigenvalue weighted by Crippen LogP contribution is 2.33. The first kappa shape index (κ1) is 18.8. The number of amides is 1. The smallest absolute Gasteiger partial charge is 0.417 e. The van der Waals surface area contributed by atoms with Crippen molar-refractivity contribution < 1.29 is 22.7 Å². The van der Waals surface area contributed by atoms with E-state index in [0.717, 1.165) is 18.7 Å². The van der Waals surface area contributed by atoms with E-state index < -0.39 is 11.7 Å². The van der Waals surface area contributed by atoms with Gasteiger partial charge in [0.25, 0.3) is 5.91 Å². The predicted molar refractivity (Wildman–Crippen MR) is 90.9 cm³/mol. The standard InChI is InChI=1S/C17H19ClF3N3O2/c1-11-13(3-2-8-26-11)16(25)24-6-4-23(5-7-24)15-14(18)9-12(10-22-15)17(19,20)21/h9-10H,2-8H2,1H3. The second kappa shape index (κ2) is 7.34. The maximum Gasteiger partial charge on any atom is 0.417 e. The van der Waals surface area contributed by atoms with E-state index in [9.17, 15) is 18.0 Å². The molecule has 1 aromatic rings. The van der Waals surface area contributed by atoms with Crippen molar-refractivity contribution in [3.05, 3.63) is 34.2 Å². The summed E-state index contributed by atoms with van der Waals surface area (Å²) in [7, 11) is 0. The molecule has 1 aromatic heterocycles. The maximum absolute atomic E-state index is 12.7. The van der Waals surface area contributed by atoms with Crippen LogP contribution in [-0.2, 0) is 15.7 Å². The number of rotatable bonds is 2. The molecule has 5 nitrogen and oxygen atoms in total. The number of carbonyl (C=O) groups is 1. The van der Waals surface area contributed by atoms with Crippen LogP contribution >= 0.6 is 11.6 Å². The topological polar surface area (TPSA) is 45.7 Å². The zero-order valence-electron chi connectivity index (χ0n) is 14.3. The molecule has 1 saturated heterocycles. The SMILES string of the molecule is CC1=C(C(=O)N2CCN(c3ncc(C(F)(F)F)cc3Cl)CC2)CCCO1. The van der Waals surface area contributed by atoms with Gasteiger partial charge in [0, 0.05) is 32.4 Å². The van der Waals surface area contributed by atoms with E-state index in [4.69, 9.17) is 16.3 Å². The number of allylic oxidation sites excluding steroid dienone is 1. The molecule has 0 aliphatic carbocycles. The number of anilines is 1. The molecule has 0 saturated carbocycles. The summed E-state index contributed by atoms with van der Waals surface area (Å²) in [5, 5.41) is -0.0427. The fourth-order valence-electron chi connectivity index (χ4n) is 3.13. The first-order chi connectivity index (χ1) is 12.3. The van der Waals surface area contributed by atoms with Crippen LogP contribution in [0.4, 0.5) is 19.0 Å². The lowest BCUT2D eigenvalue weighted by molar-refractivity contribution is -0.137. The van der Waals surface area contributed by atoms with Gasteiger partial charge in [-0.25, -0.2) is 4.98 Å². The van der Waals surface area contributed by atoms with Crippen molar-refractivity contribution in [2.24, 2.45) is 0 Å². The third-order valence-electron chi connectivity index (χ3n) is 4.59. The molecule has 0 bridgehead atoms. The second-order valence-corrected chi connectivity index (χ2v) is 6.70. The van der Waals surface area contributed by atoms with Crippen LogP contribution in [0.3, 0.4) is 0 Å². The third-order valence-corrected chi connectivity index (χ3v) is 4.87. The molecule has 0 N–H and O–H groups in total. The summed E-state index contributed by atoms with van der Waals surface area (Å²) in [5.74, 6) is 0.951. The van der Waals surface area contributed by atoms with Crippen molar-refractivity contribution in [2.75, 3.05) is 37.7 Å².